The molecule has 0 heterocycles. The highest BCUT2D eigenvalue weighted by Crippen LogP contribution is 2.46. The fraction of sp³-hybridized carbons (Fsp3) is 0.0588. The minimum Gasteiger partial charge on any atom is -0.505 e. The Hall–Kier alpha value is -6.32. The summed E-state index contributed by atoms with van der Waals surface area (Å²) in [5.74, 6) is -1.73. The second-order valence-corrected chi connectivity index (χ2v) is 17.8. The van der Waals surface area contributed by atoms with Crippen LogP contribution >= 0.6 is 0 Å². The third-order valence-corrected chi connectivity index (χ3v) is 12.0. The van der Waals surface area contributed by atoms with Crippen molar-refractivity contribution in [2.24, 2.45) is 20.5 Å². The molecule has 0 aliphatic heterocycles. The maximum absolute atomic E-state index is 12.3. The van der Waals surface area contributed by atoms with Crippen LogP contribution < -0.4 is 15.2 Å². The topological polar surface area (TPSA) is 352 Å². The Morgan fingerprint density at radius 2 is 1.00 bits per heavy atom. The highest BCUT2D eigenvalue weighted by Gasteiger charge is 2.26. The summed E-state index contributed by atoms with van der Waals surface area (Å²) in [7, 11) is -17.1. The SMILES string of the molecule is COc1cc(-c2ccc(N=Nc3c(O)c(S(=O)(=O)O)cc4cc(S(=O)(=O)O)ccc34)c(OC)c2)ccc1N=Nc1c(S(=O)(=O)O)cc2cc(S(=O)(=O)O)cc(N)c2c1O. The van der Waals surface area contributed by atoms with Crippen molar-refractivity contribution < 1.29 is 71.6 Å². The molecule has 6 rings (SSSR count). The van der Waals surface area contributed by atoms with Crippen molar-refractivity contribution in [2.75, 3.05) is 20.0 Å². The molecule has 0 unspecified atom stereocenters. The van der Waals surface area contributed by atoms with Crippen LogP contribution in [0.25, 0.3) is 32.7 Å². The van der Waals surface area contributed by atoms with E-state index in [1.54, 1.807) is 6.07 Å². The Labute approximate surface area is 333 Å². The van der Waals surface area contributed by atoms with E-state index in [-0.39, 0.29) is 50.1 Å². The number of benzene rings is 6. The Kier molecular flexibility index (Phi) is 10.8. The number of methoxy groups -OCH3 is 2. The molecule has 0 aliphatic carbocycles. The van der Waals surface area contributed by atoms with Crippen molar-refractivity contribution in [2.45, 2.75) is 19.6 Å². The molecule has 8 N–H and O–H groups in total. The normalized spacial score (nSPS) is 12.8. The summed E-state index contributed by atoms with van der Waals surface area (Å²) in [6.07, 6.45) is 0. The Bertz CT molecular complexity index is 3280. The van der Waals surface area contributed by atoms with Gasteiger partial charge in [0.1, 0.15) is 44.0 Å². The van der Waals surface area contributed by atoms with Crippen LogP contribution in [-0.2, 0) is 40.5 Å². The van der Waals surface area contributed by atoms with E-state index in [2.05, 4.69) is 20.5 Å². The zero-order valence-electron chi connectivity index (χ0n) is 29.8. The number of hydrogen-bond donors (Lipinski definition) is 7. The van der Waals surface area contributed by atoms with Gasteiger partial charge in [0.2, 0.25) is 0 Å². The van der Waals surface area contributed by atoms with Gasteiger partial charge in [-0.25, -0.2) is 0 Å². The predicted octanol–water partition coefficient (Wildman–Crippen LogP) is 6.49. The van der Waals surface area contributed by atoms with Gasteiger partial charge < -0.3 is 25.4 Å². The number of aromatic hydroxyl groups is 2. The number of ether oxygens (including phenoxy) is 2. The summed E-state index contributed by atoms with van der Waals surface area (Å²) in [4.78, 5) is -3.30. The molecule has 0 atom stereocenters. The monoisotopic (exact) mass is 889 g/mol. The number of fused-ring (bicyclic) bond motifs is 2. The number of rotatable bonds is 11. The lowest BCUT2D eigenvalue weighted by Gasteiger charge is -2.12. The number of anilines is 1. The van der Waals surface area contributed by atoms with Crippen LogP contribution in [0, 0.1) is 0 Å². The first kappa shape index (κ1) is 42.3. The van der Waals surface area contributed by atoms with Crippen molar-refractivity contribution in [3.05, 3.63) is 78.9 Å². The van der Waals surface area contributed by atoms with Crippen LogP contribution in [0.15, 0.2) is 119 Å². The summed E-state index contributed by atoms with van der Waals surface area (Å²) in [5.41, 5.74) is 5.31. The van der Waals surface area contributed by atoms with Gasteiger partial charge in [0.05, 0.1) is 24.0 Å². The minimum absolute atomic E-state index is 0.00518. The number of nitrogen functional groups attached to an aromatic ring is 1. The molecule has 0 radical (unpaired) electrons. The van der Waals surface area contributed by atoms with Crippen LogP contribution in [0.4, 0.5) is 28.4 Å². The van der Waals surface area contributed by atoms with Crippen molar-refractivity contribution in [3.63, 3.8) is 0 Å². The molecule has 0 aliphatic rings. The standard InChI is InChI=1S/C34H27N5O16S4/c1-54-26-11-16(3-7-24(26)36-38-31-22-6-5-20(56(42,43)44)9-18(22)13-29(33(31)40)59(51,52)53)17-4-8-25(27(12-17)55-2)37-39-32-28(58(48,49)50)14-19-10-21(57(45,46)47)15-23(35)30(19)34(32)41/h3-15,40-41H,35H2,1-2H3,(H,42,43,44)(H,45,46,47)(H,48,49,50)(H,51,52,53). The lowest BCUT2D eigenvalue weighted by Crippen LogP contribution is -2.02. The van der Waals surface area contributed by atoms with Crippen LogP contribution in [-0.4, -0.2) is 76.3 Å². The largest absolute Gasteiger partial charge is 0.505 e. The van der Waals surface area contributed by atoms with Gasteiger partial charge >= 0.3 is 0 Å². The molecule has 6 aromatic carbocycles. The first-order valence-electron chi connectivity index (χ1n) is 15.9. The van der Waals surface area contributed by atoms with Gasteiger partial charge in [-0.1, -0.05) is 18.2 Å². The molecule has 0 spiro atoms. The Morgan fingerprint density at radius 1 is 0.508 bits per heavy atom. The lowest BCUT2D eigenvalue weighted by atomic mass is 10.0. The number of azo groups is 2. The van der Waals surface area contributed by atoms with E-state index < -0.39 is 82.9 Å². The van der Waals surface area contributed by atoms with Crippen LogP contribution in [0.3, 0.4) is 0 Å². The lowest BCUT2D eigenvalue weighted by molar-refractivity contribution is 0.415. The number of nitrogens with zero attached hydrogens (tertiary/aromatic N) is 4. The van der Waals surface area contributed by atoms with E-state index in [4.69, 9.17) is 15.2 Å². The number of phenols is 2. The molecule has 6 aromatic rings. The van der Waals surface area contributed by atoms with Crippen molar-refractivity contribution in [1.82, 2.24) is 0 Å². The zero-order chi connectivity index (χ0) is 43.4. The summed E-state index contributed by atoms with van der Waals surface area (Å²) in [6.45, 7) is 0. The second kappa shape index (κ2) is 15.1. The third kappa shape index (κ3) is 8.47. The molecule has 59 heavy (non-hydrogen) atoms. The molecule has 0 amide bonds. The maximum atomic E-state index is 12.3. The van der Waals surface area contributed by atoms with Crippen molar-refractivity contribution in [3.8, 4) is 34.1 Å². The average Bonchev–Trinajstić information content (AvgIpc) is 3.14. The molecule has 25 heteroatoms. The van der Waals surface area contributed by atoms with Crippen LogP contribution in [0.5, 0.6) is 23.0 Å². The molecule has 0 fully saturated rings. The molecule has 308 valence electrons. The van der Waals surface area contributed by atoms with Gasteiger partial charge in [0.15, 0.2) is 11.5 Å². The Balaban J connectivity index is 1.38. The van der Waals surface area contributed by atoms with Gasteiger partial charge in [0.25, 0.3) is 40.5 Å². The number of phenolic OH excluding ortho intramolecular Hbond substituents is 2. The summed E-state index contributed by atoms with van der Waals surface area (Å²) >= 11 is 0. The smallest absolute Gasteiger partial charge is 0.298 e. The molecule has 0 saturated heterocycles. The summed E-state index contributed by atoms with van der Waals surface area (Å²) in [5, 5.41) is 37.0. The van der Waals surface area contributed by atoms with Gasteiger partial charge in [0, 0.05) is 16.5 Å². The molecule has 0 bridgehead atoms. The van der Waals surface area contributed by atoms with E-state index in [1.165, 1.54) is 44.6 Å². The quantitative estimate of drug-likeness (QED) is 0.0415. The molecular weight excluding hydrogens is 863 g/mol. The molecule has 21 nitrogen and oxygen atoms in total. The third-order valence-electron chi connectivity index (χ3n) is 8.54. The number of nitrogens with two attached hydrogens (primary N) is 1. The van der Waals surface area contributed by atoms with Crippen LogP contribution in [0.1, 0.15) is 0 Å². The highest BCUT2D eigenvalue weighted by molar-refractivity contribution is 7.86. The van der Waals surface area contributed by atoms with Crippen molar-refractivity contribution >= 4 is 90.5 Å². The predicted molar refractivity (Wildman–Crippen MR) is 208 cm³/mol. The van der Waals surface area contributed by atoms with Gasteiger partial charge in [-0.2, -0.15) is 33.7 Å². The van der Waals surface area contributed by atoms with E-state index in [9.17, 15) is 62.1 Å². The summed E-state index contributed by atoms with van der Waals surface area (Å²) < 4.78 is 145. The van der Waals surface area contributed by atoms with Crippen LogP contribution in [0.2, 0.25) is 0 Å². The van der Waals surface area contributed by atoms with E-state index in [1.807, 2.05) is 0 Å². The molecule has 0 saturated carbocycles. The van der Waals surface area contributed by atoms with Gasteiger partial charge in [-0.15, -0.1) is 20.5 Å². The first-order valence-corrected chi connectivity index (χ1v) is 21.7. The first-order chi connectivity index (χ1) is 27.4. The fourth-order valence-electron chi connectivity index (χ4n) is 5.81. The molecular formula is C34H27N5O16S4. The Morgan fingerprint density at radius 3 is 1.49 bits per heavy atom. The zero-order valence-corrected chi connectivity index (χ0v) is 33.0. The van der Waals surface area contributed by atoms with Crippen molar-refractivity contribution in [1.29, 1.82) is 0 Å². The number of hydrogen-bond acceptors (Lipinski definition) is 17. The second-order valence-electron chi connectivity index (χ2n) is 12.2. The van der Waals surface area contributed by atoms with E-state index >= 15 is 0 Å². The van der Waals surface area contributed by atoms with Gasteiger partial charge in [-0.05, 0) is 82.6 Å². The van der Waals surface area contributed by atoms with E-state index in [0.29, 0.717) is 11.1 Å². The summed E-state index contributed by atoms with van der Waals surface area (Å²) in [6, 6.07) is 15.2. The fourth-order valence-corrected chi connectivity index (χ4v) is 8.15. The minimum atomic E-state index is -5.13. The van der Waals surface area contributed by atoms with E-state index in [0.717, 1.165) is 42.5 Å². The maximum Gasteiger partial charge on any atom is 0.298 e. The van der Waals surface area contributed by atoms with Gasteiger partial charge in [-0.3, -0.25) is 18.2 Å². The average molecular weight is 890 g/mol. The highest BCUT2D eigenvalue weighted by atomic mass is 32.2. The molecule has 0 aromatic heterocycles.